The van der Waals surface area contributed by atoms with E-state index in [9.17, 15) is 14.4 Å². The third-order valence-electron chi connectivity index (χ3n) is 5.77. The van der Waals surface area contributed by atoms with Crippen molar-refractivity contribution in [1.82, 2.24) is 0 Å². The highest BCUT2D eigenvalue weighted by atomic mass is 16.6. The Morgan fingerprint density at radius 1 is 0.972 bits per heavy atom. The quantitative estimate of drug-likeness (QED) is 0.154. The fraction of sp³-hybridized carbons (Fsp3) is 0.345. The number of methoxy groups -OCH3 is 1. The van der Waals surface area contributed by atoms with Crippen LogP contribution in [-0.4, -0.2) is 37.7 Å². The first-order valence-corrected chi connectivity index (χ1v) is 12.1. The zero-order valence-electron chi connectivity index (χ0n) is 20.6. The fourth-order valence-electron chi connectivity index (χ4n) is 3.72. The third-order valence-corrected chi connectivity index (χ3v) is 5.77. The van der Waals surface area contributed by atoms with E-state index >= 15 is 0 Å². The molecule has 1 heterocycles. The highest BCUT2D eigenvalue weighted by Crippen LogP contribution is 2.23. The van der Waals surface area contributed by atoms with Gasteiger partial charge in [0.2, 0.25) is 0 Å². The van der Waals surface area contributed by atoms with Crippen molar-refractivity contribution in [2.24, 2.45) is 0 Å². The summed E-state index contributed by atoms with van der Waals surface area (Å²) in [5.41, 5.74) is 1.79. The van der Waals surface area contributed by atoms with Crippen molar-refractivity contribution in [3.05, 3.63) is 77.9 Å². The van der Waals surface area contributed by atoms with Gasteiger partial charge in [0.15, 0.2) is 0 Å². The van der Waals surface area contributed by atoms with Crippen LogP contribution in [-0.2, 0) is 19.1 Å². The second-order valence-electron chi connectivity index (χ2n) is 8.58. The maximum Gasteiger partial charge on any atom is 0.343 e. The van der Waals surface area contributed by atoms with Crippen molar-refractivity contribution in [2.75, 3.05) is 13.7 Å². The maximum atomic E-state index is 12.4. The highest BCUT2D eigenvalue weighted by molar-refractivity contribution is 5.91. The summed E-state index contributed by atoms with van der Waals surface area (Å²) in [7, 11) is 1.32. The van der Waals surface area contributed by atoms with Gasteiger partial charge in [-0.25, -0.2) is 14.4 Å². The summed E-state index contributed by atoms with van der Waals surface area (Å²) in [5.74, 6) is -0.0378. The van der Waals surface area contributed by atoms with Gasteiger partial charge >= 0.3 is 17.9 Å². The van der Waals surface area contributed by atoms with Crippen LogP contribution in [0.5, 0.6) is 11.5 Å². The molecule has 0 aliphatic carbocycles. The van der Waals surface area contributed by atoms with E-state index in [2.05, 4.69) is 11.3 Å². The Labute approximate surface area is 211 Å². The second-order valence-corrected chi connectivity index (χ2v) is 8.58. The molecule has 190 valence electrons. The minimum atomic E-state index is -0.462. The maximum absolute atomic E-state index is 12.4. The molecule has 1 fully saturated rings. The van der Waals surface area contributed by atoms with Crippen LogP contribution >= 0.6 is 0 Å². The second kappa shape index (κ2) is 13.9. The van der Waals surface area contributed by atoms with Crippen LogP contribution in [0, 0.1) is 0 Å². The molecule has 3 rings (SSSR count). The molecule has 1 unspecified atom stereocenters. The van der Waals surface area contributed by atoms with Gasteiger partial charge in [0.25, 0.3) is 0 Å². The van der Waals surface area contributed by atoms with Gasteiger partial charge < -0.3 is 18.9 Å². The van der Waals surface area contributed by atoms with Crippen molar-refractivity contribution in [3.63, 3.8) is 0 Å². The molecule has 0 saturated carbocycles. The fourth-order valence-corrected chi connectivity index (χ4v) is 3.72. The van der Waals surface area contributed by atoms with Crippen molar-refractivity contribution >= 4 is 24.0 Å². The number of hydrogen-bond donors (Lipinski definition) is 0. The molecule has 1 aliphatic rings. The number of unbranched alkanes of at least 4 members (excludes halogenated alkanes) is 4. The van der Waals surface area contributed by atoms with Gasteiger partial charge in [0.05, 0.1) is 19.3 Å². The Hall–Kier alpha value is -3.87. The molecular formula is C29H32O7. The van der Waals surface area contributed by atoms with E-state index in [1.165, 1.54) is 13.2 Å². The summed E-state index contributed by atoms with van der Waals surface area (Å²) in [4.78, 5) is 34.9. The van der Waals surface area contributed by atoms with E-state index in [-0.39, 0.29) is 12.1 Å². The Morgan fingerprint density at radius 3 is 2.31 bits per heavy atom. The first kappa shape index (κ1) is 26.7. The van der Waals surface area contributed by atoms with Crippen molar-refractivity contribution < 1.29 is 33.3 Å². The average molecular weight is 493 g/mol. The Kier molecular flexibility index (Phi) is 10.3. The topological polar surface area (TPSA) is 88.1 Å². The lowest BCUT2D eigenvalue weighted by molar-refractivity contribution is -0.139. The lowest BCUT2D eigenvalue weighted by Crippen LogP contribution is -2.08. The minimum Gasteiger partial charge on any atom is -0.494 e. The summed E-state index contributed by atoms with van der Waals surface area (Å²) in [5, 5.41) is 0. The standard InChI is InChI=1S/C29H32O7/c1-21-20-26(36-28(21)31)8-6-4-3-5-7-19-34-24-16-12-23(13-17-24)29(32)35-25-14-9-22(10-15-25)11-18-27(30)33-2/h9-18,26H,1,3-8,19-20H2,2H3/b18-11+. The molecule has 7 nitrogen and oxygen atoms in total. The molecule has 1 aliphatic heterocycles. The zero-order valence-corrected chi connectivity index (χ0v) is 20.6. The molecule has 1 atom stereocenters. The summed E-state index contributed by atoms with van der Waals surface area (Å²) < 4.78 is 21.0. The van der Waals surface area contributed by atoms with E-state index < -0.39 is 11.9 Å². The van der Waals surface area contributed by atoms with E-state index in [4.69, 9.17) is 14.2 Å². The molecule has 0 radical (unpaired) electrons. The van der Waals surface area contributed by atoms with Crippen LogP contribution in [0.25, 0.3) is 6.08 Å². The smallest absolute Gasteiger partial charge is 0.343 e. The highest BCUT2D eigenvalue weighted by Gasteiger charge is 2.26. The molecule has 0 N–H and O–H groups in total. The summed E-state index contributed by atoms with van der Waals surface area (Å²) in [6, 6.07) is 13.7. The largest absolute Gasteiger partial charge is 0.494 e. The van der Waals surface area contributed by atoms with Crippen molar-refractivity contribution in [1.29, 1.82) is 0 Å². The van der Waals surface area contributed by atoms with Crippen molar-refractivity contribution in [3.8, 4) is 11.5 Å². The molecule has 0 bridgehead atoms. The third kappa shape index (κ3) is 8.73. The minimum absolute atomic E-state index is 0.0101. The molecule has 0 aromatic heterocycles. The molecule has 0 spiro atoms. The van der Waals surface area contributed by atoms with Crippen LogP contribution in [0.2, 0.25) is 0 Å². The van der Waals surface area contributed by atoms with E-state index in [1.807, 2.05) is 0 Å². The lowest BCUT2D eigenvalue weighted by Gasteiger charge is -2.09. The van der Waals surface area contributed by atoms with Crippen molar-refractivity contribution in [2.45, 2.75) is 51.0 Å². The van der Waals surface area contributed by atoms with E-state index in [0.717, 1.165) is 44.1 Å². The molecule has 7 heteroatoms. The molecular weight excluding hydrogens is 460 g/mol. The average Bonchev–Trinajstić information content (AvgIpc) is 3.21. The summed E-state index contributed by atoms with van der Waals surface area (Å²) in [6.07, 6.45) is 9.78. The number of ether oxygens (including phenoxy) is 4. The van der Waals surface area contributed by atoms with Gasteiger partial charge in [-0.3, -0.25) is 0 Å². The van der Waals surface area contributed by atoms with Crippen LogP contribution < -0.4 is 9.47 Å². The van der Waals surface area contributed by atoms with Gasteiger partial charge in [-0.2, -0.15) is 0 Å². The van der Waals surface area contributed by atoms with Gasteiger partial charge in [-0.05, 0) is 67.3 Å². The Morgan fingerprint density at radius 2 is 1.64 bits per heavy atom. The first-order chi connectivity index (χ1) is 17.4. The lowest BCUT2D eigenvalue weighted by atomic mass is 10.1. The van der Waals surface area contributed by atoms with Gasteiger partial charge in [-0.1, -0.05) is 38.0 Å². The number of hydrogen-bond acceptors (Lipinski definition) is 7. The Bertz CT molecular complexity index is 1050. The van der Waals surface area contributed by atoms with E-state index in [0.29, 0.717) is 35.7 Å². The molecule has 2 aromatic carbocycles. The number of benzene rings is 2. The molecule has 2 aromatic rings. The van der Waals surface area contributed by atoms with Gasteiger partial charge in [0, 0.05) is 18.1 Å². The number of cyclic esters (lactones) is 1. The van der Waals surface area contributed by atoms with Crippen LogP contribution in [0.1, 0.15) is 60.9 Å². The number of esters is 3. The number of rotatable bonds is 13. The van der Waals surface area contributed by atoms with Crippen LogP contribution in [0.3, 0.4) is 0 Å². The molecule has 36 heavy (non-hydrogen) atoms. The molecule has 1 saturated heterocycles. The van der Waals surface area contributed by atoms with E-state index in [1.54, 1.807) is 54.6 Å². The van der Waals surface area contributed by atoms with Gasteiger partial charge in [-0.15, -0.1) is 0 Å². The number of carbonyl (C=O) groups excluding carboxylic acids is 3. The predicted octanol–water partition coefficient (Wildman–Crippen LogP) is 5.68. The molecule has 0 amide bonds. The first-order valence-electron chi connectivity index (χ1n) is 12.1. The van der Waals surface area contributed by atoms with Crippen LogP contribution in [0.4, 0.5) is 0 Å². The SMILES string of the molecule is C=C1CC(CCCCCCCOc2ccc(C(=O)Oc3ccc(/C=C/C(=O)OC)cc3)cc2)OC1=O. The summed E-state index contributed by atoms with van der Waals surface area (Å²) >= 11 is 0. The van der Waals surface area contributed by atoms with Gasteiger partial charge in [0.1, 0.15) is 17.6 Å². The monoisotopic (exact) mass is 492 g/mol. The number of carbonyl (C=O) groups is 3. The Balaban J connectivity index is 1.30. The zero-order chi connectivity index (χ0) is 25.8. The normalized spacial score (nSPS) is 15.1. The predicted molar refractivity (Wildman–Crippen MR) is 136 cm³/mol. The summed E-state index contributed by atoms with van der Waals surface area (Å²) in [6.45, 7) is 4.32. The van der Waals surface area contributed by atoms with Crippen LogP contribution in [0.15, 0.2) is 66.8 Å².